The van der Waals surface area contributed by atoms with Gasteiger partial charge in [0.25, 0.3) is 0 Å². The highest BCUT2D eigenvalue weighted by molar-refractivity contribution is 5.37. The van der Waals surface area contributed by atoms with Gasteiger partial charge in [-0.3, -0.25) is 0 Å². The third kappa shape index (κ3) is 3.47. The third-order valence-electron chi connectivity index (χ3n) is 2.75. The molecule has 100 valence electrons. The van der Waals surface area contributed by atoms with Crippen LogP contribution in [0.4, 0.5) is 14.6 Å². The standard InChI is InChI=1S/C14H15F2N3/c1-9(2)13-6-14(19-8-18-13)17-7-10-5-11(15)3-4-12(10)16/h3-6,8-9H,7H2,1-2H3,(H,17,18,19). The average molecular weight is 263 g/mol. The molecule has 0 amide bonds. The summed E-state index contributed by atoms with van der Waals surface area (Å²) in [5.74, 6) is -0.00684. The lowest BCUT2D eigenvalue weighted by Crippen LogP contribution is -2.05. The Balaban J connectivity index is 2.10. The van der Waals surface area contributed by atoms with Crippen molar-refractivity contribution < 1.29 is 8.78 Å². The van der Waals surface area contributed by atoms with E-state index in [0.29, 0.717) is 5.82 Å². The predicted octanol–water partition coefficient (Wildman–Crippen LogP) is 3.49. The fourth-order valence-electron chi connectivity index (χ4n) is 1.65. The molecule has 0 saturated heterocycles. The zero-order valence-electron chi connectivity index (χ0n) is 10.8. The van der Waals surface area contributed by atoms with Crippen molar-refractivity contribution >= 4 is 5.82 Å². The van der Waals surface area contributed by atoms with Crippen molar-refractivity contribution in [3.63, 3.8) is 0 Å². The summed E-state index contributed by atoms with van der Waals surface area (Å²) in [6.07, 6.45) is 1.46. The van der Waals surface area contributed by atoms with Crippen molar-refractivity contribution in [2.75, 3.05) is 5.32 Å². The summed E-state index contributed by atoms with van der Waals surface area (Å²) in [4.78, 5) is 8.19. The van der Waals surface area contributed by atoms with E-state index in [1.165, 1.54) is 12.4 Å². The van der Waals surface area contributed by atoms with Gasteiger partial charge < -0.3 is 5.32 Å². The maximum Gasteiger partial charge on any atom is 0.129 e. The molecule has 1 aromatic carbocycles. The Morgan fingerprint density at radius 2 is 1.95 bits per heavy atom. The van der Waals surface area contributed by atoms with Crippen LogP contribution in [0.5, 0.6) is 0 Å². The van der Waals surface area contributed by atoms with Gasteiger partial charge in [0, 0.05) is 23.9 Å². The van der Waals surface area contributed by atoms with Crippen molar-refractivity contribution in [1.29, 1.82) is 0 Å². The topological polar surface area (TPSA) is 37.8 Å². The fourth-order valence-corrected chi connectivity index (χ4v) is 1.65. The molecule has 0 aliphatic rings. The van der Waals surface area contributed by atoms with Crippen molar-refractivity contribution in [3.05, 3.63) is 53.5 Å². The maximum atomic E-state index is 13.4. The molecular weight excluding hydrogens is 248 g/mol. The van der Waals surface area contributed by atoms with Gasteiger partial charge in [-0.25, -0.2) is 18.7 Å². The van der Waals surface area contributed by atoms with Crippen LogP contribution in [0.3, 0.4) is 0 Å². The van der Waals surface area contributed by atoms with E-state index in [4.69, 9.17) is 0 Å². The highest BCUT2D eigenvalue weighted by Gasteiger charge is 2.06. The summed E-state index contributed by atoms with van der Waals surface area (Å²) in [5, 5.41) is 2.97. The lowest BCUT2D eigenvalue weighted by molar-refractivity contribution is 0.587. The van der Waals surface area contributed by atoms with Gasteiger partial charge in [0.1, 0.15) is 23.8 Å². The van der Waals surface area contributed by atoms with Crippen LogP contribution >= 0.6 is 0 Å². The van der Waals surface area contributed by atoms with Crippen LogP contribution in [0.25, 0.3) is 0 Å². The van der Waals surface area contributed by atoms with E-state index in [1.54, 1.807) is 0 Å². The number of benzene rings is 1. The van der Waals surface area contributed by atoms with Gasteiger partial charge in [0.2, 0.25) is 0 Å². The Bertz CT molecular complexity index is 570. The first-order valence-corrected chi connectivity index (χ1v) is 6.06. The molecule has 3 nitrogen and oxygen atoms in total. The maximum absolute atomic E-state index is 13.4. The zero-order chi connectivity index (χ0) is 13.8. The van der Waals surface area contributed by atoms with Crippen LogP contribution < -0.4 is 5.32 Å². The van der Waals surface area contributed by atoms with Crippen LogP contribution in [0, 0.1) is 11.6 Å². The van der Waals surface area contributed by atoms with E-state index < -0.39 is 11.6 Å². The molecule has 0 atom stereocenters. The summed E-state index contributed by atoms with van der Waals surface area (Å²) >= 11 is 0. The van der Waals surface area contributed by atoms with Crippen LogP contribution in [-0.4, -0.2) is 9.97 Å². The Labute approximate surface area is 110 Å². The molecule has 1 N–H and O–H groups in total. The van der Waals surface area contributed by atoms with Gasteiger partial charge in [-0.15, -0.1) is 0 Å². The monoisotopic (exact) mass is 263 g/mol. The minimum Gasteiger partial charge on any atom is -0.366 e. The number of nitrogens with zero attached hydrogens (tertiary/aromatic N) is 2. The van der Waals surface area contributed by atoms with Crippen LogP contribution in [0.15, 0.2) is 30.6 Å². The van der Waals surface area contributed by atoms with Gasteiger partial charge in [0.15, 0.2) is 0 Å². The highest BCUT2D eigenvalue weighted by atomic mass is 19.1. The van der Waals surface area contributed by atoms with Crippen molar-refractivity contribution in [1.82, 2.24) is 9.97 Å². The first-order chi connectivity index (χ1) is 9.06. The molecule has 0 bridgehead atoms. The molecule has 19 heavy (non-hydrogen) atoms. The Kier molecular flexibility index (Phi) is 4.04. The smallest absolute Gasteiger partial charge is 0.129 e. The molecule has 0 saturated carbocycles. The molecule has 0 fully saturated rings. The number of halogens is 2. The number of aromatic nitrogens is 2. The predicted molar refractivity (Wildman–Crippen MR) is 69.8 cm³/mol. The van der Waals surface area contributed by atoms with Crippen LogP contribution in [-0.2, 0) is 6.54 Å². The largest absolute Gasteiger partial charge is 0.366 e. The summed E-state index contributed by atoms with van der Waals surface area (Å²) in [6, 6.07) is 5.20. The molecule has 0 aliphatic carbocycles. The SMILES string of the molecule is CC(C)c1cc(NCc2cc(F)ccc2F)ncn1. The molecule has 5 heteroatoms. The van der Waals surface area contributed by atoms with Crippen LogP contribution in [0.2, 0.25) is 0 Å². The molecule has 1 heterocycles. The van der Waals surface area contributed by atoms with Gasteiger partial charge in [-0.2, -0.15) is 0 Å². The van der Waals surface area contributed by atoms with E-state index in [9.17, 15) is 8.78 Å². The zero-order valence-corrected chi connectivity index (χ0v) is 10.8. The van der Waals surface area contributed by atoms with Crippen molar-refractivity contribution in [3.8, 4) is 0 Å². The quantitative estimate of drug-likeness (QED) is 0.917. The Hall–Kier alpha value is -2.04. The minimum absolute atomic E-state index is 0.179. The Morgan fingerprint density at radius 1 is 1.16 bits per heavy atom. The summed E-state index contributed by atoms with van der Waals surface area (Å²) < 4.78 is 26.5. The first kappa shape index (κ1) is 13.4. The average Bonchev–Trinajstić information content (AvgIpc) is 2.40. The third-order valence-corrected chi connectivity index (χ3v) is 2.75. The molecule has 0 aliphatic heterocycles. The van der Waals surface area contributed by atoms with E-state index in [1.807, 2.05) is 19.9 Å². The summed E-state index contributed by atoms with van der Waals surface area (Å²) in [7, 11) is 0. The second kappa shape index (κ2) is 5.73. The number of rotatable bonds is 4. The normalized spacial score (nSPS) is 10.8. The van der Waals surface area contributed by atoms with Crippen LogP contribution in [0.1, 0.15) is 31.0 Å². The lowest BCUT2D eigenvalue weighted by atomic mass is 10.1. The molecule has 2 aromatic rings. The second-order valence-corrected chi connectivity index (χ2v) is 4.57. The second-order valence-electron chi connectivity index (χ2n) is 4.57. The minimum atomic E-state index is -0.455. The molecule has 0 radical (unpaired) electrons. The van der Waals surface area contributed by atoms with Gasteiger partial charge in [-0.05, 0) is 24.1 Å². The van der Waals surface area contributed by atoms with E-state index in [0.717, 1.165) is 17.8 Å². The highest BCUT2D eigenvalue weighted by Crippen LogP contribution is 2.15. The molecule has 0 unspecified atom stereocenters. The lowest BCUT2D eigenvalue weighted by Gasteiger charge is -2.09. The van der Waals surface area contributed by atoms with Gasteiger partial charge >= 0.3 is 0 Å². The molecule has 0 spiro atoms. The number of hydrogen-bond donors (Lipinski definition) is 1. The molecule has 2 rings (SSSR count). The van der Waals surface area contributed by atoms with Crippen molar-refractivity contribution in [2.45, 2.75) is 26.3 Å². The number of anilines is 1. The van der Waals surface area contributed by atoms with E-state index in [2.05, 4.69) is 15.3 Å². The van der Waals surface area contributed by atoms with E-state index >= 15 is 0 Å². The first-order valence-electron chi connectivity index (χ1n) is 6.06. The van der Waals surface area contributed by atoms with E-state index in [-0.39, 0.29) is 18.0 Å². The van der Waals surface area contributed by atoms with Gasteiger partial charge in [0.05, 0.1) is 0 Å². The van der Waals surface area contributed by atoms with Crippen molar-refractivity contribution in [2.24, 2.45) is 0 Å². The molecular formula is C14H15F2N3. The number of nitrogens with one attached hydrogen (secondary N) is 1. The number of hydrogen-bond acceptors (Lipinski definition) is 3. The molecule has 1 aromatic heterocycles. The summed E-state index contributed by atoms with van der Waals surface area (Å²) in [6.45, 7) is 4.23. The van der Waals surface area contributed by atoms with Gasteiger partial charge in [-0.1, -0.05) is 13.8 Å². The Morgan fingerprint density at radius 3 is 2.68 bits per heavy atom. The fraction of sp³-hybridized carbons (Fsp3) is 0.286. The summed E-state index contributed by atoms with van der Waals surface area (Å²) in [5.41, 5.74) is 1.17.